The second kappa shape index (κ2) is 5.21. The van der Waals surface area contributed by atoms with Crippen LogP contribution < -0.4 is 5.73 Å². The Bertz CT molecular complexity index is 679. The number of pyridine rings is 1. The van der Waals surface area contributed by atoms with Gasteiger partial charge in [0.1, 0.15) is 11.4 Å². The minimum Gasteiger partial charge on any atom is -0.335 e. The Hall–Kier alpha value is -2.21. The van der Waals surface area contributed by atoms with Crippen molar-refractivity contribution < 1.29 is 4.79 Å². The number of hydrogen-bond acceptors (Lipinski definition) is 4. The topological polar surface area (TPSA) is 87.9 Å². The molecule has 6 heteroatoms. The molecule has 3 N–H and O–H groups in total. The van der Waals surface area contributed by atoms with E-state index in [4.69, 9.17) is 5.73 Å². The fourth-order valence-corrected chi connectivity index (χ4v) is 3.29. The number of rotatable bonds is 3. The first-order valence-corrected chi connectivity index (χ1v) is 7.74. The number of carbonyl (C=O) groups is 1. The molecule has 2 aromatic heterocycles. The quantitative estimate of drug-likeness (QED) is 0.893. The number of nitrogens with one attached hydrogen (secondary N) is 1. The average Bonchev–Trinajstić information content (AvgIpc) is 3.13. The zero-order valence-corrected chi connectivity index (χ0v) is 12.3. The molecule has 22 heavy (non-hydrogen) atoms. The van der Waals surface area contributed by atoms with Crippen molar-refractivity contribution in [2.45, 2.75) is 18.9 Å². The van der Waals surface area contributed by atoms with Crippen LogP contribution in [0, 0.1) is 11.8 Å². The van der Waals surface area contributed by atoms with Crippen molar-refractivity contribution in [1.82, 2.24) is 20.1 Å². The molecule has 0 spiro atoms. The van der Waals surface area contributed by atoms with Gasteiger partial charge >= 0.3 is 0 Å². The lowest BCUT2D eigenvalue weighted by Gasteiger charge is -2.14. The maximum Gasteiger partial charge on any atom is 0.271 e. The number of aromatic nitrogens is 3. The number of aromatic amines is 1. The standard InChI is InChI=1S/C16H19N5O/c17-12-9-21(8-11(12)10-4-5-10)16(22)15-7-14(19-20-15)13-3-1-2-6-18-13/h1-3,6-7,10-12H,4-5,8-9,17H2,(H,19,20)/t11-,12+/m1/s1. The van der Waals surface area contributed by atoms with E-state index in [1.165, 1.54) is 12.8 Å². The summed E-state index contributed by atoms with van der Waals surface area (Å²) in [6, 6.07) is 7.50. The van der Waals surface area contributed by atoms with Crippen molar-refractivity contribution in [3.05, 3.63) is 36.2 Å². The van der Waals surface area contributed by atoms with E-state index in [0.717, 1.165) is 18.2 Å². The number of nitrogens with two attached hydrogens (primary N) is 1. The van der Waals surface area contributed by atoms with Crippen LogP contribution in [0.15, 0.2) is 30.5 Å². The van der Waals surface area contributed by atoms with Gasteiger partial charge in [0.2, 0.25) is 0 Å². The first-order valence-electron chi connectivity index (χ1n) is 7.74. The summed E-state index contributed by atoms with van der Waals surface area (Å²) in [6.45, 7) is 1.40. The van der Waals surface area contributed by atoms with Gasteiger partial charge in [0, 0.05) is 25.3 Å². The van der Waals surface area contributed by atoms with E-state index in [1.807, 2.05) is 23.1 Å². The third kappa shape index (κ3) is 2.39. The molecule has 2 fully saturated rings. The predicted octanol–water partition coefficient (Wildman–Crippen LogP) is 1.28. The highest BCUT2D eigenvalue weighted by Gasteiger charge is 2.42. The molecule has 0 radical (unpaired) electrons. The highest BCUT2D eigenvalue weighted by Crippen LogP contribution is 2.41. The zero-order chi connectivity index (χ0) is 15.1. The number of hydrogen-bond donors (Lipinski definition) is 2. The van der Waals surface area contributed by atoms with Crippen LogP contribution in [0.4, 0.5) is 0 Å². The first kappa shape index (κ1) is 13.5. The smallest absolute Gasteiger partial charge is 0.271 e. The maximum absolute atomic E-state index is 12.6. The molecule has 1 saturated carbocycles. The molecule has 0 bridgehead atoms. The van der Waals surface area contributed by atoms with E-state index in [9.17, 15) is 4.79 Å². The lowest BCUT2D eigenvalue weighted by atomic mass is 9.99. The van der Waals surface area contributed by atoms with Crippen molar-refractivity contribution in [3.63, 3.8) is 0 Å². The van der Waals surface area contributed by atoms with Crippen molar-refractivity contribution in [2.75, 3.05) is 13.1 Å². The summed E-state index contributed by atoms with van der Waals surface area (Å²) in [7, 11) is 0. The van der Waals surface area contributed by atoms with Gasteiger partial charge in [-0.3, -0.25) is 14.9 Å². The SMILES string of the molecule is N[C@H]1CN(C(=O)c2cc(-c3ccccn3)n[nH]2)C[C@@H]1C1CC1. The summed E-state index contributed by atoms with van der Waals surface area (Å²) in [5.41, 5.74) is 8.14. The summed E-state index contributed by atoms with van der Waals surface area (Å²) in [6.07, 6.45) is 4.23. The molecule has 6 nitrogen and oxygen atoms in total. The number of likely N-dealkylation sites (tertiary alicyclic amines) is 1. The van der Waals surface area contributed by atoms with Gasteiger partial charge in [0.05, 0.1) is 5.69 Å². The number of H-pyrrole nitrogens is 1. The molecule has 114 valence electrons. The van der Waals surface area contributed by atoms with E-state index >= 15 is 0 Å². The molecular formula is C16H19N5O. The van der Waals surface area contributed by atoms with Crippen LogP contribution in [0.25, 0.3) is 11.4 Å². The van der Waals surface area contributed by atoms with Crippen molar-refractivity contribution in [1.29, 1.82) is 0 Å². The minimum atomic E-state index is -0.0201. The Morgan fingerprint density at radius 1 is 1.27 bits per heavy atom. The Labute approximate surface area is 128 Å². The second-order valence-corrected chi connectivity index (χ2v) is 6.26. The van der Waals surface area contributed by atoms with Gasteiger partial charge in [0.15, 0.2) is 0 Å². The summed E-state index contributed by atoms with van der Waals surface area (Å²) >= 11 is 0. The molecular weight excluding hydrogens is 278 g/mol. The molecule has 1 saturated heterocycles. The fraction of sp³-hybridized carbons (Fsp3) is 0.438. The van der Waals surface area contributed by atoms with Crippen LogP contribution >= 0.6 is 0 Å². The molecule has 1 amide bonds. The van der Waals surface area contributed by atoms with Crippen LogP contribution in [0.1, 0.15) is 23.3 Å². The largest absolute Gasteiger partial charge is 0.335 e. The second-order valence-electron chi connectivity index (χ2n) is 6.26. The summed E-state index contributed by atoms with van der Waals surface area (Å²) in [4.78, 5) is 18.7. The van der Waals surface area contributed by atoms with Gasteiger partial charge in [-0.05, 0) is 42.9 Å². The number of carbonyl (C=O) groups excluding carboxylic acids is 1. The van der Waals surface area contributed by atoms with Gasteiger partial charge in [-0.25, -0.2) is 0 Å². The van der Waals surface area contributed by atoms with E-state index in [2.05, 4.69) is 15.2 Å². The molecule has 1 aliphatic carbocycles. The Morgan fingerprint density at radius 2 is 2.14 bits per heavy atom. The van der Waals surface area contributed by atoms with Gasteiger partial charge in [-0.2, -0.15) is 5.10 Å². The lowest BCUT2D eigenvalue weighted by Crippen LogP contribution is -2.32. The number of nitrogens with zero attached hydrogens (tertiary/aromatic N) is 3. The summed E-state index contributed by atoms with van der Waals surface area (Å²) < 4.78 is 0. The molecule has 1 aliphatic heterocycles. The third-order valence-corrected chi connectivity index (χ3v) is 4.66. The van der Waals surface area contributed by atoms with Crippen LogP contribution in [0.3, 0.4) is 0 Å². The molecule has 0 unspecified atom stereocenters. The lowest BCUT2D eigenvalue weighted by molar-refractivity contribution is 0.0779. The Balaban J connectivity index is 1.50. The van der Waals surface area contributed by atoms with Crippen molar-refractivity contribution in [2.24, 2.45) is 17.6 Å². The Morgan fingerprint density at radius 3 is 2.86 bits per heavy atom. The Kier molecular flexibility index (Phi) is 3.18. The van der Waals surface area contributed by atoms with Crippen molar-refractivity contribution in [3.8, 4) is 11.4 Å². The van der Waals surface area contributed by atoms with E-state index in [0.29, 0.717) is 23.9 Å². The molecule has 2 aliphatic rings. The molecule has 2 aromatic rings. The molecule has 2 atom stereocenters. The molecule has 3 heterocycles. The van der Waals surface area contributed by atoms with Crippen LogP contribution in [0.5, 0.6) is 0 Å². The van der Waals surface area contributed by atoms with Crippen LogP contribution in [0.2, 0.25) is 0 Å². The van der Waals surface area contributed by atoms with Crippen molar-refractivity contribution >= 4 is 5.91 Å². The number of amides is 1. The van der Waals surface area contributed by atoms with Gasteiger partial charge in [0.25, 0.3) is 5.91 Å². The van der Waals surface area contributed by atoms with E-state index < -0.39 is 0 Å². The van der Waals surface area contributed by atoms with Gasteiger partial charge < -0.3 is 10.6 Å². The average molecular weight is 297 g/mol. The normalized spacial score (nSPS) is 24.7. The van der Waals surface area contributed by atoms with E-state index in [-0.39, 0.29) is 11.9 Å². The minimum absolute atomic E-state index is 0.0201. The summed E-state index contributed by atoms with van der Waals surface area (Å²) in [5.74, 6) is 1.16. The maximum atomic E-state index is 12.6. The predicted molar refractivity (Wildman–Crippen MR) is 81.9 cm³/mol. The van der Waals surface area contributed by atoms with Gasteiger partial charge in [-0.15, -0.1) is 0 Å². The first-order chi connectivity index (χ1) is 10.7. The van der Waals surface area contributed by atoms with Crippen LogP contribution in [-0.4, -0.2) is 45.1 Å². The van der Waals surface area contributed by atoms with Gasteiger partial charge in [-0.1, -0.05) is 6.07 Å². The highest BCUT2D eigenvalue weighted by molar-refractivity contribution is 5.93. The summed E-state index contributed by atoms with van der Waals surface area (Å²) in [5, 5.41) is 7.03. The third-order valence-electron chi connectivity index (χ3n) is 4.66. The monoisotopic (exact) mass is 297 g/mol. The molecule has 4 rings (SSSR count). The fourth-order valence-electron chi connectivity index (χ4n) is 3.29. The highest BCUT2D eigenvalue weighted by atomic mass is 16.2. The molecule has 0 aromatic carbocycles. The zero-order valence-electron chi connectivity index (χ0n) is 12.3. The van der Waals surface area contributed by atoms with E-state index in [1.54, 1.807) is 12.3 Å². The van der Waals surface area contributed by atoms with Crippen LogP contribution in [-0.2, 0) is 0 Å².